The van der Waals surface area contributed by atoms with Crippen molar-refractivity contribution in [3.05, 3.63) is 63.8 Å². The van der Waals surface area contributed by atoms with Crippen LogP contribution in [0.15, 0.2) is 40.7 Å². The molecule has 0 bridgehead atoms. The fourth-order valence-corrected chi connectivity index (χ4v) is 5.06. The van der Waals surface area contributed by atoms with Crippen LogP contribution in [0.2, 0.25) is 0 Å². The number of nitriles is 1. The summed E-state index contributed by atoms with van der Waals surface area (Å²) in [4.78, 5) is 23.3. The zero-order valence-corrected chi connectivity index (χ0v) is 18.5. The van der Waals surface area contributed by atoms with Gasteiger partial charge in [-0.15, -0.1) is 11.3 Å². The van der Waals surface area contributed by atoms with Gasteiger partial charge in [-0.1, -0.05) is 36.9 Å². The Bertz CT molecular complexity index is 1080. The normalized spacial score (nSPS) is 10.6. The molecule has 2 heterocycles. The minimum Gasteiger partial charge on any atom is -0.274 e. The quantitative estimate of drug-likeness (QED) is 0.486. The van der Waals surface area contributed by atoms with E-state index in [-0.39, 0.29) is 5.91 Å². The van der Waals surface area contributed by atoms with Gasteiger partial charge in [0, 0.05) is 23.8 Å². The number of pyridine rings is 1. The van der Waals surface area contributed by atoms with Crippen LogP contribution in [-0.2, 0) is 17.0 Å². The van der Waals surface area contributed by atoms with Crippen LogP contribution in [0.4, 0.5) is 10.8 Å². The van der Waals surface area contributed by atoms with Crippen LogP contribution in [-0.4, -0.2) is 15.9 Å². The maximum atomic E-state index is 12.4. The molecule has 0 atom stereocenters. The predicted octanol–water partition coefficient (Wildman–Crippen LogP) is 5.57. The second-order valence-corrected chi connectivity index (χ2v) is 8.42. The average molecular weight is 423 g/mol. The van der Waals surface area contributed by atoms with E-state index < -0.39 is 0 Å². The van der Waals surface area contributed by atoms with Gasteiger partial charge in [0.05, 0.1) is 16.9 Å². The van der Waals surface area contributed by atoms with Crippen LogP contribution in [0.5, 0.6) is 0 Å². The fraction of sp³-hybridized carbons (Fsp3) is 0.273. The molecule has 5 nitrogen and oxygen atoms in total. The number of hydrogen-bond donors (Lipinski definition) is 0. The number of amides is 1. The van der Waals surface area contributed by atoms with Crippen molar-refractivity contribution >= 4 is 39.8 Å². The van der Waals surface area contributed by atoms with Crippen molar-refractivity contribution < 1.29 is 4.79 Å². The van der Waals surface area contributed by atoms with Gasteiger partial charge in [0.2, 0.25) is 5.91 Å². The van der Waals surface area contributed by atoms with Crippen molar-refractivity contribution in [2.75, 3.05) is 4.90 Å². The van der Waals surface area contributed by atoms with Gasteiger partial charge in [0.15, 0.2) is 5.13 Å². The van der Waals surface area contributed by atoms with Crippen LogP contribution >= 0.6 is 23.1 Å². The maximum absolute atomic E-state index is 12.4. The lowest BCUT2D eigenvalue weighted by Gasteiger charge is -2.20. The van der Waals surface area contributed by atoms with Gasteiger partial charge in [0.1, 0.15) is 11.1 Å². The summed E-state index contributed by atoms with van der Waals surface area (Å²) in [6, 6.07) is 12.1. The van der Waals surface area contributed by atoms with E-state index in [0.29, 0.717) is 16.4 Å². The van der Waals surface area contributed by atoms with Crippen molar-refractivity contribution in [3.63, 3.8) is 0 Å². The summed E-state index contributed by atoms with van der Waals surface area (Å²) >= 11 is 2.94. The molecule has 0 fully saturated rings. The first-order valence-electron chi connectivity index (χ1n) is 9.28. The van der Waals surface area contributed by atoms with E-state index in [2.05, 4.69) is 18.0 Å². The molecule has 3 aromatic rings. The van der Waals surface area contributed by atoms with Gasteiger partial charge in [0.25, 0.3) is 0 Å². The number of rotatable bonds is 6. The summed E-state index contributed by atoms with van der Waals surface area (Å²) in [6.45, 7) is 7.48. The summed E-state index contributed by atoms with van der Waals surface area (Å²) in [5.41, 5.74) is 5.27. The molecule has 0 spiro atoms. The fourth-order valence-electron chi connectivity index (χ4n) is 3.09. The van der Waals surface area contributed by atoms with Crippen molar-refractivity contribution in [1.82, 2.24) is 9.97 Å². The largest absolute Gasteiger partial charge is 0.274 e. The molecule has 1 aromatic carbocycles. The van der Waals surface area contributed by atoms with Crippen LogP contribution in [0, 0.1) is 25.2 Å². The molecule has 7 heteroatoms. The lowest BCUT2D eigenvalue weighted by atomic mass is 10.1. The minimum atomic E-state index is -0.0674. The smallest absolute Gasteiger partial charge is 0.230 e. The number of aromatic nitrogens is 2. The Morgan fingerprint density at radius 3 is 2.72 bits per heavy atom. The Hall–Kier alpha value is -2.69. The van der Waals surface area contributed by atoms with E-state index in [9.17, 15) is 10.1 Å². The van der Waals surface area contributed by atoms with E-state index in [1.54, 1.807) is 11.8 Å². The Kier molecular flexibility index (Phi) is 6.68. The first kappa shape index (κ1) is 21.0. The highest BCUT2D eigenvalue weighted by Crippen LogP contribution is 2.33. The van der Waals surface area contributed by atoms with Crippen LogP contribution in [0.3, 0.4) is 0 Å². The highest BCUT2D eigenvalue weighted by molar-refractivity contribution is 7.98. The molecule has 0 aliphatic carbocycles. The highest BCUT2D eigenvalue weighted by Gasteiger charge is 2.20. The third-order valence-corrected chi connectivity index (χ3v) is 6.32. The van der Waals surface area contributed by atoms with Crippen LogP contribution in [0.25, 0.3) is 0 Å². The lowest BCUT2D eigenvalue weighted by Crippen LogP contribution is -2.23. The van der Waals surface area contributed by atoms with Gasteiger partial charge in [-0.25, -0.2) is 9.97 Å². The number of thioether (sulfide) groups is 1. The average Bonchev–Trinajstić information content (AvgIpc) is 3.14. The molecule has 0 saturated carbocycles. The Morgan fingerprint density at radius 1 is 1.28 bits per heavy atom. The molecule has 0 aliphatic heterocycles. The van der Waals surface area contributed by atoms with Crippen molar-refractivity contribution in [3.8, 4) is 6.07 Å². The minimum absolute atomic E-state index is 0.0674. The first-order valence-corrected chi connectivity index (χ1v) is 11.1. The number of nitrogens with zero attached hydrogens (tertiary/aromatic N) is 4. The SMILES string of the molecule is CCc1ccccc1N(C(C)=O)c1nc(CSc2nc(C)cc(C)c2C#N)cs1. The second kappa shape index (κ2) is 9.21. The number of benzene rings is 1. The molecule has 0 unspecified atom stereocenters. The molecule has 0 N–H and O–H groups in total. The van der Waals surface area contributed by atoms with Gasteiger partial charge in [-0.05, 0) is 43.5 Å². The van der Waals surface area contributed by atoms with Crippen LogP contribution in [0.1, 0.15) is 41.9 Å². The zero-order valence-electron chi connectivity index (χ0n) is 16.9. The third kappa shape index (κ3) is 4.66. The monoisotopic (exact) mass is 422 g/mol. The summed E-state index contributed by atoms with van der Waals surface area (Å²) in [6.07, 6.45) is 0.837. The number of aryl methyl sites for hydroxylation is 3. The molecule has 148 valence electrons. The van der Waals surface area contributed by atoms with Gasteiger partial charge in [-0.3, -0.25) is 9.69 Å². The van der Waals surface area contributed by atoms with E-state index in [0.717, 1.165) is 39.6 Å². The van der Waals surface area contributed by atoms with Crippen LogP contribution < -0.4 is 4.90 Å². The third-order valence-electron chi connectivity index (χ3n) is 4.44. The number of anilines is 2. The molecule has 0 aliphatic rings. The van der Waals surface area contributed by atoms with Gasteiger partial charge in [-0.2, -0.15) is 5.26 Å². The standard InChI is InChI=1S/C22H22N4OS2/c1-5-17-8-6-7-9-20(17)26(16(4)27)22-25-18(13-29-22)12-28-21-19(11-23)14(2)10-15(3)24-21/h6-10,13H,5,12H2,1-4H3. The topological polar surface area (TPSA) is 69.9 Å². The van der Waals surface area contributed by atoms with E-state index in [4.69, 9.17) is 4.98 Å². The molecular weight excluding hydrogens is 400 g/mol. The van der Waals surface area contributed by atoms with Gasteiger partial charge >= 0.3 is 0 Å². The maximum Gasteiger partial charge on any atom is 0.230 e. The Balaban J connectivity index is 1.85. The lowest BCUT2D eigenvalue weighted by molar-refractivity contribution is -0.115. The Morgan fingerprint density at radius 2 is 2.03 bits per heavy atom. The number of carbonyl (C=O) groups excluding carboxylic acids is 1. The van der Waals surface area contributed by atoms with E-state index in [1.807, 2.05) is 49.6 Å². The van der Waals surface area contributed by atoms with Crippen molar-refractivity contribution in [1.29, 1.82) is 5.26 Å². The molecule has 0 saturated heterocycles. The van der Waals surface area contributed by atoms with Crippen molar-refractivity contribution in [2.24, 2.45) is 0 Å². The molecular formula is C22H22N4OS2. The zero-order chi connectivity index (χ0) is 21.0. The molecule has 1 amide bonds. The second-order valence-electron chi connectivity index (χ2n) is 6.62. The van der Waals surface area contributed by atoms with Gasteiger partial charge < -0.3 is 0 Å². The number of carbonyl (C=O) groups is 1. The van der Waals surface area contributed by atoms with E-state index in [1.165, 1.54) is 23.1 Å². The summed E-state index contributed by atoms with van der Waals surface area (Å²) in [7, 11) is 0. The highest BCUT2D eigenvalue weighted by atomic mass is 32.2. The first-order chi connectivity index (χ1) is 13.9. The van der Waals surface area contributed by atoms with E-state index >= 15 is 0 Å². The molecule has 29 heavy (non-hydrogen) atoms. The molecule has 3 rings (SSSR count). The molecule has 2 aromatic heterocycles. The number of thiazole rings is 1. The number of para-hydroxylation sites is 1. The summed E-state index contributed by atoms with van der Waals surface area (Å²) in [5.74, 6) is 0.518. The summed E-state index contributed by atoms with van der Waals surface area (Å²) < 4.78 is 0. The number of hydrogen-bond acceptors (Lipinski definition) is 6. The van der Waals surface area contributed by atoms with Crippen molar-refractivity contribution in [2.45, 2.75) is 44.9 Å². The summed E-state index contributed by atoms with van der Waals surface area (Å²) in [5, 5.41) is 12.8. The molecule has 0 radical (unpaired) electrons. The Labute approximate surface area is 179 Å². The predicted molar refractivity (Wildman–Crippen MR) is 119 cm³/mol.